The number of carbonyl (C=O) groups is 1. The molecule has 0 bridgehead atoms. The minimum atomic E-state index is -0.396. The number of imidazole rings is 1. The summed E-state index contributed by atoms with van der Waals surface area (Å²) in [6.07, 6.45) is 4.32. The predicted octanol–water partition coefficient (Wildman–Crippen LogP) is 2.19. The number of aromatic nitrogens is 2. The topological polar surface area (TPSA) is 37.9 Å². The van der Waals surface area contributed by atoms with Gasteiger partial charge in [0, 0.05) is 17.1 Å². The van der Waals surface area contributed by atoms with Gasteiger partial charge in [0.15, 0.2) is 6.29 Å². The zero-order valence-electron chi connectivity index (χ0n) is 10.3. The molecule has 2 rings (SSSR count). The van der Waals surface area contributed by atoms with E-state index < -0.39 is 6.17 Å². The fraction of sp³-hybridized carbons (Fsp3) is 0.231. The lowest BCUT2D eigenvalue weighted by Gasteiger charge is -2.12. The molecule has 0 amide bonds. The molecule has 1 aromatic heterocycles. The van der Waals surface area contributed by atoms with Gasteiger partial charge < -0.3 is 5.32 Å². The molecule has 1 unspecified atom stereocenters. The van der Waals surface area contributed by atoms with E-state index in [2.05, 4.69) is 21.2 Å². The van der Waals surface area contributed by atoms with Gasteiger partial charge in [0.2, 0.25) is 6.17 Å². The van der Waals surface area contributed by atoms with Crippen molar-refractivity contribution in [3.05, 3.63) is 47.0 Å². The summed E-state index contributed by atoms with van der Waals surface area (Å²) in [6.45, 7) is 1.97. The number of halogens is 1. The van der Waals surface area contributed by atoms with E-state index in [1.165, 1.54) is 0 Å². The summed E-state index contributed by atoms with van der Waals surface area (Å²) < 4.78 is 4.88. The van der Waals surface area contributed by atoms with Crippen molar-refractivity contribution in [3.63, 3.8) is 0 Å². The van der Waals surface area contributed by atoms with Gasteiger partial charge in [-0.25, -0.2) is 9.13 Å². The average molecular weight is 309 g/mol. The Kier molecular flexibility index (Phi) is 3.81. The maximum absolute atomic E-state index is 11.2. The third-order valence-electron chi connectivity index (χ3n) is 2.92. The molecule has 1 N–H and O–H groups in total. The standard InChI is InChI=1S/C13H15BrN3O/c1-10-16(2)7-8-17(10)13(9-18)15-12-5-3-11(14)4-6-12/h3-9,13,15H,1-2H3/q+1. The number of aryl methyl sites for hydroxylation is 1. The zero-order chi connectivity index (χ0) is 13.1. The van der Waals surface area contributed by atoms with E-state index in [4.69, 9.17) is 0 Å². The van der Waals surface area contributed by atoms with Crippen LogP contribution in [0.2, 0.25) is 0 Å². The van der Waals surface area contributed by atoms with Gasteiger partial charge in [0.05, 0.1) is 7.05 Å². The van der Waals surface area contributed by atoms with Crippen LogP contribution in [-0.4, -0.2) is 10.9 Å². The second-order valence-corrected chi connectivity index (χ2v) is 5.01. The van der Waals surface area contributed by atoms with Crippen molar-refractivity contribution in [3.8, 4) is 0 Å². The second-order valence-electron chi connectivity index (χ2n) is 4.10. The molecule has 4 nitrogen and oxygen atoms in total. The molecule has 18 heavy (non-hydrogen) atoms. The highest BCUT2D eigenvalue weighted by Gasteiger charge is 2.19. The lowest BCUT2D eigenvalue weighted by atomic mass is 10.3. The predicted molar refractivity (Wildman–Crippen MR) is 73.2 cm³/mol. The fourth-order valence-corrected chi connectivity index (χ4v) is 2.01. The molecular weight excluding hydrogens is 294 g/mol. The lowest BCUT2D eigenvalue weighted by Crippen LogP contribution is -2.32. The number of hydrogen-bond acceptors (Lipinski definition) is 2. The third-order valence-corrected chi connectivity index (χ3v) is 3.45. The largest absolute Gasteiger partial charge is 0.341 e. The highest BCUT2D eigenvalue weighted by Crippen LogP contribution is 2.17. The molecule has 1 heterocycles. The summed E-state index contributed by atoms with van der Waals surface area (Å²) in [7, 11) is 1.95. The van der Waals surface area contributed by atoms with E-state index >= 15 is 0 Å². The molecule has 1 atom stereocenters. The average Bonchev–Trinajstić information content (AvgIpc) is 2.70. The third kappa shape index (κ3) is 2.61. The molecule has 5 heteroatoms. The second kappa shape index (κ2) is 5.35. The van der Waals surface area contributed by atoms with E-state index in [0.29, 0.717) is 0 Å². The molecule has 0 saturated heterocycles. The van der Waals surface area contributed by atoms with Gasteiger partial charge in [-0.05, 0) is 24.3 Å². The smallest absolute Gasteiger partial charge is 0.255 e. The van der Waals surface area contributed by atoms with Gasteiger partial charge in [-0.15, -0.1) is 0 Å². The van der Waals surface area contributed by atoms with Gasteiger partial charge in [-0.3, -0.25) is 4.79 Å². The van der Waals surface area contributed by atoms with Gasteiger partial charge in [0.25, 0.3) is 5.82 Å². The summed E-state index contributed by atoms with van der Waals surface area (Å²) >= 11 is 3.38. The van der Waals surface area contributed by atoms with E-state index in [9.17, 15) is 4.79 Å². The van der Waals surface area contributed by atoms with Crippen molar-refractivity contribution < 1.29 is 9.36 Å². The Bertz CT molecular complexity index is 548. The summed E-state index contributed by atoms with van der Waals surface area (Å²) in [4.78, 5) is 11.2. The molecule has 94 valence electrons. The first-order valence-electron chi connectivity index (χ1n) is 5.62. The quantitative estimate of drug-likeness (QED) is 0.694. The van der Waals surface area contributed by atoms with Crippen LogP contribution in [-0.2, 0) is 11.8 Å². The van der Waals surface area contributed by atoms with Gasteiger partial charge in [0.1, 0.15) is 12.4 Å². The first-order chi connectivity index (χ1) is 8.61. The number of benzene rings is 1. The van der Waals surface area contributed by atoms with Crippen molar-refractivity contribution in [2.75, 3.05) is 5.32 Å². The summed E-state index contributed by atoms with van der Waals surface area (Å²) in [5.41, 5.74) is 0.908. The van der Waals surface area contributed by atoms with Crippen LogP contribution in [0.1, 0.15) is 12.0 Å². The number of rotatable bonds is 4. The number of hydrogen-bond donors (Lipinski definition) is 1. The highest BCUT2D eigenvalue weighted by molar-refractivity contribution is 9.10. The summed E-state index contributed by atoms with van der Waals surface area (Å²) in [5, 5.41) is 3.19. The van der Waals surface area contributed by atoms with Crippen LogP contribution >= 0.6 is 15.9 Å². The van der Waals surface area contributed by atoms with Crippen LogP contribution in [0, 0.1) is 6.92 Å². The van der Waals surface area contributed by atoms with Gasteiger partial charge >= 0.3 is 0 Å². The van der Waals surface area contributed by atoms with Crippen molar-refractivity contribution in [1.82, 2.24) is 4.57 Å². The lowest BCUT2D eigenvalue weighted by molar-refractivity contribution is -0.677. The highest BCUT2D eigenvalue weighted by atomic mass is 79.9. The minimum absolute atomic E-state index is 0.396. The van der Waals surface area contributed by atoms with E-state index in [0.717, 1.165) is 22.3 Å². The number of nitrogens with zero attached hydrogens (tertiary/aromatic N) is 2. The number of nitrogens with one attached hydrogen (secondary N) is 1. The molecule has 0 saturated carbocycles. The Balaban J connectivity index is 2.22. The molecule has 0 spiro atoms. The van der Waals surface area contributed by atoms with Crippen molar-refractivity contribution in [1.29, 1.82) is 0 Å². The maximum Gasteiger partial charge on any atom is 0.255 e. The van der Waals surface area contributed by atoms with E-state index in [1.807, 2.05) is 59.8 Å². The van der Waals surface area contributed by atoms with Crippen LogP contribution < -0.4 is 9.88 Å². The van der Waals surface area contributed by atoms with E-state index in [1.54, 1.807) is 0 Å². The van der Waals surface area contributed by atoms with Crippen molar-refractivity contribution >= 4 is 27.9 Å². The van der Waals surface area contributed by atoms with Crippen molar-refractivity contribution in [2.45, 2.75) is 13.1 Å². The molecule has 0 aliphatic rings. The fourth-order valence-electron chi connectivity index (χ4n) is 1.75. The van der Waals surface area contributed by atoms with Gasteiger partial charge in [-0.1, -0.05) is 15.9 Å². The molecular formula is C13H15BrN3O+. The Morgan fingerprint density at radius 3 is 2.56 bits per heavy atom. The Hall–Kier alpha value is -1.62. The zero-order valence-corrected chi connectivity index (χ0v) is 11.9. The van der Waals surface area contributed by atoms with Crippen LogP contribution in [0.25, 0.3) is 0 Å². The monoisotopic (exact) mass is 308 g/mol. The van der Waals surface area contributed by atoms with Crippen molar-refractivity contribution in [2.24, 2.45) is 7.05 Å². The molecule has 2 aromatic rings. The normalized spacial score (nSPS) is 12.2. The van der Waals surface area contributed by atoms with Crippen LogP contribution in [0.5, 0.6) is 0 Å². The Labute approximate surface area is 114 Å². The Morgan fingerprint density at radius 2 is 2.06 bits per heavy atom. The van der Waals surface area contributed by atoms with E-state index in [-0.39, 0.29) is 0 Å². The number of aldehydes is 1. The maximum atomic E-state index is 11.2. The molecule has 0 aliphatic heterocycles. The van der Waals surface area contributed by atoms with Crippen LogP contribution in [0.15, 0.2) is 41.1 Å². The molecule has 0 fully saturated rings. The first-order valence-corrected chi connectivity index (χ1v) is 6.41. The Morgan fingerprint density at radius 1 is 1.39 bits per heavy atom. The number of anilines is 1. The number of carbonyl (C=O) groups excluding carboxylic acids is 1. The van der Waals surface area contributed by atoms with Crippen LogP contribution in [0.3, 0.4) is 0 Å². The molecule has 0 radical (unpaired) electrons. The summed E-state index contributed by atoms with van der Waals surface area (Å²) in [6, 6.07) is 7.73. The van der Waals surface area contributed by atoms with Crippen LogP contribution in [0.4, 0.5) is 5.69 Å². The minimum Gasteiger partial charge on any atom is -0.341 e. The summed E-state index contributed by atoms with van der Waals surface area (Å²) in [5.74, 6) is 1.01. The molecule has 1 aromatic carbocycles. The first kappa shape index (κ1) is 12.8. The SMILES string of the molecule is Cc1n(C(C=O)Nc2ccc(Br)cc2)cc[n+]1C. The van der Waals surface area contributed by atoms with Gasteiger partial charge in [-0.2, -0.15) is 0 Å². The molecule has 0 aliphatic carbocycles.